The topological polar surface area (TPSA) is 42.2 Å². The van der Waals surface area contributed by atoms with Crippen molar-refractivity contribution in [3.8, 4) is 0 Å². The maximum Gasteiger partial charge on any atom is 0.0601 e. The fourth-order valence-corrected chi connectivity index (χ4v) is 2.04. The van der Waals surface area contributed by atoms with Crippen LogP contribution in [0.25, 0.3) is 0 Å². The van der Waals surface area contributed by atoms with Crippen molar-refractivity contribution in [2.75, 3.05) is 17.7 Å². The van der Waals surface area contributed by atoms with E-state index in [0.29, 0.717) is 0 Å². The van der Waals surface area contributed by atoms with Crippen molar-refractivity contribution < 1.29 is 0 Å². The van der Waals surface area contributed by atoms with Crippen molar-refractivity contribution in [2.45, 2.75) is 20.4 Å². The summed E-state index contributed by atoms with van der Waals surface area (Å²) in [7, 11) is 2.03. The Morgan fingerprint density at radius 3 is 2.61 bits per heavy atom. The zero-order chi connectivity index (χ0) is 13.1. The Labute approximate surface area is 108 Å². The van der Waals surface area contributed by atoms with E-state index in [9.17, 15) is 0 Å². The molecule has 2 aromatic rings. The molecule has 94 valence electrons. The van der Waals surface area contributed by atoms with Gasteiger partial charge in [0.2, 0.25) is 0 Å². The van der Waals surface area contributed by atoms with Gasteiger partial charge in [-0.05, 0) is 43.7 Å². The van der Waals surface area contributed by atoms with Gasteiger partial charge in [0.05, 0.1) is 23.6 Å². The number of hydrogen-bond acceptors (Lipinski definition) is 3. The van der Waals surface area contributed by atoms with Crippen LogP contribution in [0.15, 0.2) is 36.4 Å². The first kappa shape index (κ1) is 12.4. The van der Waals surface area contributed by atoms with Crippen molar-refractivity contribution in [1.29, 1.82) is 0 Å². The van der Waals surface area contributed by atoms with Gasteiger partial charge in [0.25, 0.3) is 0 Å². The summed E-state index contributed by atoms with van der Waals surface area (Å²) >= 11 is 0. The van der Waals surface area contributed by atoms with E-state index in [0.717, 1.165) is 29.3 Å². The molecule has 0 saturated heterocycles. The zero-order valence-electron chi connectivity index (χ0n) is 11.1. The van der Waals surface area contributed by atoms with Crippen LogP contribution >= 0.6 is 0 Å². The van der Waals surface area contributed by atoms with E-state index >= 15 is 0 Å². The summed E-state index contributed by atoms with van der Waals surface area (Å²) in [5.74, 6) is 0. The normalized spacial score (nSPS) is 10.4. The Bertz CT molecular complexity index is 549. The molecular formula is C15H19N3. The third-order valence-corrected chi connectivity index (χ3v) is 2.94. The molecule has 0 bridgehead atoms. The molecule has 0 saturated carbocycles. The van der Waals surface area contributed by atoms with E-state index in [2.05, 4.69) is 22.0 Å². The molecule has 0 aliphatic carbocycles. The highest BCUT2D eigenvalue weighted by atomic mass is 15.1. The van der Waals surface area contributed by atoms with Crippen molar-refractivity contribution in [2.24, 2.45) is 0 Å². The summed E-state index contributed by atoms with van der Waals surface area (Å²) in [6.45, 7) is 4.81. The summed E-state index contributed by atoms with van der Waals surface area (Å²) in [4.78, 5) is 6.62. The fraction of sp³-hybridized carbons (Fsp3) is 0.267. The second-order valence-electron chi connectivity index (χ2n) is 4.69. The molecule has 0 amide bonds. The van der Waals surface area contributed by atoms with E-state index < -0.39 is 0 Å². The lowest BCUT2D eigenvalue weighted by molar-refractivity contribution is 0.878. The number of hydrogen-bond donors (Lipinski definition) is 1. The van der Waals surface area contributed by atoms with Gasteiger partial charge in [0, 0.05) is 12.7 Å². The first-order valence-electron chi connectivity index (χ1n) is 6.06. The molecule has 0 aliphatic rings. The monoisotopic (exact) mass is 241 g/mol. The van der Waals surface area contributed by atoms with Crippen LogP contribution in [0.2, 0.25) is 0 Å². The second kappa shape index (κ2) is 5.08. The van der Waals surface area contributed by atoms with Gasteiger partial charge < -0.3 is 10.6 Å². The molecule has 1 aromatic carbocycles. The number of nitrogens with zero attached hydrogens (tertiary/aromatic N) is 2. The SMILES string of the molecule is Cc1ccc(N(C)Cc2cccc(C)n2)c(N)c1. The predicted molar refractivity (Wildman–Crippen MR) is 76.7 cm³/mol. The first-order valence-corrected chi connectivity index (χ1v) is 6.06. The molecule has 3 nitrogen and oxygen atoms in total. The van der Waals surface area contributed by atoms with Crippen LogP contribution in [0.1, 0.15) is 17.0 Å². The quantitative estimate of drug-likeness (QED) is 0.840. The minimum absolute atomic E-state index is 0.759. The van der Waals surface area contributed by atoms with Gasteiger partial charge in [0.15, 0.2) is 0 Å². The maximum atomic E-state index is 6.04. The van der Waals surface area contributed by atoms with Crippen LogP contribution in [0.3, 0.4) is 0 Å². The lowest BCUT2D eigenvalue weighted by atomic mass is 10.2. The molecule has 0 fully saturated rings. The molecule has 0 radical (unpaired) electrons. The molecule has 0 spiro atoms. The Balaban J connectivity index is 2.19. The molecule has 2 N–H and O–H groups in total. The number of nitrogen functional groups attached to an aromatic ring is 1. The third-order valence-electron chi connectivity index (χ3n) is 2.94. The summed E-state index contributed by atoms with van der Waals surface area (Å²) in [6, 6.07) is 12.2. The Hall–Kier alpha value is -2.03. The van der Waals surface area contributed by atoms with Crippen LogP contribution in [0, 0.1) is 13.8 Å². The molecule has 3 heteroatoms. The smallest absolute Gasteiger partial charge is 0.0601 e. The minimum atomic E-state index is 0.759. The van der Waals surface area contributed by atoms with Gasteiger partial charge in [0.1, 0.15) is 0 Å². The van der Waals surface area contributed by atoms with Crippen LogP contribution in [-0.4, -0.2) is 12.0 Å². The van der Waals surface area contributed by atoms with Gasteiger partial charge in [-0.2, -0.15) is 0 Å². The highest BCUT2D eigenvalue weighted by molar-refractivity contribution is 5.68. The Morgan fingerprint density at radius 2 is 1.94 bits per heavy atom. The fourth-order valence-electron chi connectivity index (χ4n) is 2.04. The van der Waals surface area contributed by atoms with E-state index in [1.165, 1.54) is 5.56 Å². The lowest BCUT2D eigenvalue weighted by Gasteiger charge is -2.21. The highest BCUT2D eigenvalue weighted by Gasteiger charge is 2.06. The molecule has 0 atom stereocenters. The number of benzene rings is 1. The van der Waals surface area contributed by atoms with Crippen LogP contribution in [-0.2, 0) is 6.54 Å². The third kappa shape index (κ3) is 2.80. The lowest BCUT2D eigenvalue weighted by Crippen LogP contribution is -2.18. The van der Waals surface area contributed by atoms with Gasteiger partial charge >= 0.3 is 0 Å². The standard InChI is InChI=1S/C15H19N3/c1-11-7-8-15(14(16)9-11)18(3)10-13-6-4-5-12(2)17-13/h4-9H,10,16H2,1-3H3. The summed E-state index contributed by atoms with van der Waals surface area (Å²) in [5.41, 5.74) is 11.2. The number of aryl methyl sites for hydroxylation is 2. The Kier molecular flexibility index (Phi) is 3.51. The number of nitrogens with two attached hydrogens (primary N) is 1. The number of rotatable bonds is 3. The van der Waals surface area contributed by atoms with Crippen LogP contribution < -0.4 is 10.6 Å². The van der Waals surface area contributed by atoms with Crippen molar-refractivity contribution in [1.82, 2.24) is 4.98 Å². The average molecular weight is 241 g/mol. The van der Waals surface area contributed by atoms with Gasteiger partial charge in [-0.1, -0.05) is 12.1 Å². The molecule has 0 unspecified atom stereocenters. The first-order chi connectivity index (χ1) is 8.56. The van der Waals surface area contributed by atoms with E-state index in [1.54, 1.807) is 0 Å². The molecule has 0 aliphatic heterocycles. The molecule has 18 heavy (non-hydrogen) atoms. The minimum Gasteiger partial charge on any atom is -0.397 e. The van der Waals surface area contributed by atoms with Gasteiger partial charge in [-0.15, -0.1) is 0 Å². The summed E-state index contributed by atoms with van der Waals surface area (Å²) in [5, 5.41) is 0. The average Bonchev–Trinajstić information content (AvgIpc) is 2.28. The molecule has 2 rings (SSSR count). The number of pyridine rings is 1. The zero-order valence-corrected chi connectivity index (χ0v) is 11.1. The van der Waals surface area contributed by atoms with E-state index in [1.807, 2.05) is 45.2 Å². The second-order valence-corrected chi connectivity index (χ2v) is 4.69. The molecule has 1 heterocycles. The number of aromatic nitrogens is 1. The van der Waals surface area contributed by atoms with E-state index in [4.69, 9.17) is 5.73 Å². The summed E-state index contributed by atoms with van der Waals surface area (Å²) < 4.78 is 0. The van der Waals surface area contributed by atoms with Gasteiger partial charge in [-0.3, -0.25) is 4.98 Å². The largest absolute Gasteiger partial charge is 0.397 e. The number of anilines is 2. The molecule has 1 aromatic heterocycles. The summed E-state index contributed by atoms with van der Waals surface area (Å²) in [6.07, 6.45) is 0. The van der Waals surface area contributed by atoms with Crippen molar-refractivity contribution >= 4 is 11.4 Å². The maximum absolute atomic E-state index is 6.04. The highest BCUT2D eigenvalue weighted by Crippen LogP contribution is 2.24. The van der Waals surface area contributed by atoms with Crippen LogP contribution in [0.4, 0.5) is 11.4 Å². The van der Waals surface area contributed by atoms with Gasteiger partial charge in [-0.25, -0.2) is 0 Å². The van der Waals surface area contributed by atoms with E-state index in [-0.39, 0.29) is 0 Å². The van der Waals surface area contributed by atoms with Crippen LogP contribution in [0.5, 0.6) is 0 Å². The predicted octanol–water partition coefficient (Wildman–Crippen LogP) is 2.92. The Morgan fingerprint density at radius 1 is 1.17 bits per heavy atom. The van der Waals surface area contributed by atoms with Crippen molar-refractivity contribution in [3.05, 3.63) is 53.3 Å². The van der Waals surface area contributed by atoms with Crippen molar-refractivity contribution in [3.63, 3.8) is 0 Å². The molecular weight excluding hydrogens is 222 g/mol.